The van der Waals surface area contributed by atoms with E-state index in [0.29, 0.717) is 6.61 Å². The van der Waals surface area contributed by atoms with E-state index in [9.17, 15) is 0 Å². The summed E-state index contributed by atoms with van der Waals surface area (Å²) in [6.07, 6.45) is 14.8. The average molecular weight is 425 g/mol. The van der Waals surface area contributed by atoms with Gasteiger partial charge in [-0.3, -0.25) is 0 Å². The molecule has 0 aromatic rings. The maximum Gasteiger partial charge on any atom is 0.190 e. The molecule has 5 fully saturated rings. The van der Waals surface area contributed by atoms with Gasteiger partial charge in [-0.1, -0.05) is 39.0 Å². The van der Waals surface area contributed by atoms with Gasteiger partial charge in [0.1, 0.15) is 24.4 Å². The summed E-state index contributed by atoms with van der Waals surface area (Å²) in [5.41, 5.74) is 0. The first-order valence-electron chi connectivity index (χ1n) is 12.7. The van der Waals surface area contributed by atoms with Crippen molar-refractivity contribution in [2.75, 3.05) is 13.2 Å². The van der Waals surface area contributed by atoms with Crippen LogP contribution in [0.3, 0.4) is 0 Å². The number of fused-ring (bicyclic) bond motifs is 3. The molecule has 0 aromatic carbocycles. The highest BCUT2D eigenvalue weighted by atomic mass is 16.9. The monoisotopic (exact) mass is 424 g/mol. The SMILES string of the molecule is CCCCCCOC[C@@H]1O[C@@H]2OC3(CCCCC3)O[C@@H]2[C@H]2OC3(CCCCC3)O[C@H]21. The van der Waals surface area contributed by atoms with E-state index in [-0.39, 0.29) is 30.7 Å². The quantitative estimate of drug-likeness (QED) is 0.546. The lowest BCUT2D eigenvalue weighted by Crippen LogP contribution is -2.56. The Morgan fingerprint density at radius 1 is 0.700 bits per heavy atom. The van der Waals surface area contributed by atoms with Crippen LogP contribution in [0, 0.1) is 0 Å². The van der Waals surface area contributed by atoms with E-state index < -0.39 is 11.6 Å². The molecule has 172 valence electrons. The molecule has 0 amide bonds. The summed E-state index contributed by atoms with van der Waals surface area (Å²) in [5.74, 6) is -0.948. The number of rotatable bonds is 7. The van der Waals surface area contributed by atoms with Crippen LogP contribution in [0.1, 0.15) is 96.8 Å². The Bertz CT molecular complexity index is 556. The first kappa shape index (κ1) is 21.6. The molecule has 0 bridgehead atoms. The molecule has 0 N–H and O–H groups in total. The van der Waals surface area contributed by atoms with Crippen molar-refractivity contribution in [2.45, 2.75) is 139 Å². The molecule has 2 saturated carbocycles. The molecule has 3 aliphatic heterocycles. The zero-order chi connectivity index (χ0) is 20.4. The third kappa shape index (κ3) is 4.33. The van der Waals surface area contributed by atoms with E-state index in [0.717, 1.165) is 64.4 Å². The van der Waals surface area contributed by atoms with E-state index >= 15 is 0 Å². The van der Waals surface area contributed by atoms with Gasteiger partial charge in [0, 0.05) is 32.3 Å². The predicted molar refractivity (Wildman–Crippen MR) is 111 cm³/mol. The smallest absolute Gasteiger partial charge is 0.190 e. The first-order chi connectivity index (χ1) is 14.7. The van der Waals surface area contributed by atoms with Crippen LogP contribution >= 0.6 is 0 Å². The van der Waals surface area contributed by atoms with Gasteiger partial charge in [0.25, 0.3) is 0 Å². The Labute approximate surface area is 181 Å². The van der Waals surface area contributed by atoms with Crippen molar-refractivity contribution >= 4 is 0 Å². The summed E-state index contributed by atoms with van der Waals surface area (Å²) in [5, 5.41) is 0. The van der Waals surface area contributed by atoms with Crippen LogP contribution in [-0.4, -0.2) is 55.5 Å². The fraction of sp³-hybridized carbons (Fsp3) is 1.00. The number of hydrogen-bond donors (Lipinski definition) is 0. The van der Waals surface area contributed by atoms with E-state index in [1.54, 1.807) is 0 Å². The molecule has 5 atom stereocenters. The molecule has 0 aromatic heterocycles. The van der Waals surface area contributed by atoms with Crippen molar-refractivity contribution in [3.05, 3.63) is 0 Å². The number of hydrogen-bond acceptors (Lipinski definition) is 6. The van der Waals surface area contributed by atoms with Crippen LogP contribution in [0.25, 0.3) is 0 Å². The average Bonchev–Trinajstić information content (AvgIpc) is 3.30. The molecule has 0 radical (unpaired) electrons. The van der Waals surface area contributed by atoms with Crippen LogP contribution in [0.15, 0.2) is 0 Å². The van der Waals surface area contributed by atoms with Crippen molar-refractivity contribution in [3.8, 4) is 0 Å². The molecule has 3 saturated heterocycles. The third-order valence-electron chi connectivity index (χ3n) is 7.63. The maximum absolute atomic E-state index is 6.67. The normalized spacial score (nSPS) is 39.3. The molecule has 30 heavy (non-hydrogen) atoms. The lowest BCUT2D eigenvalue weighted by Gasteiger charge is -2.37. The van der Waals surface area contributed by atoms with Gasteiger partial charge in [-0.25, -0.2) is 0 Å². The second-order valence-electron chi connectivity index (χ2n) is 9.99. The van der Waals surface area contributed by atoms with Crippen LogP contribution in [-0.2, 0) is 28.4 Å². The molecular weight excluding hydrogens is 384 g/mol. The van der Waals surface area contributed by atoms with E-state index in [1.807, 2.05) is 0 Å². The van der Waals surface area contributed by atoms with Crippen molar-refractivity contribution < 1.29 is 28.4 Å². The molecule has 3 heterocycles. The van der Waals surface area contributed by atoms with Crippen LogP contribution in [0.4, 0.5) is 0 Å². The maximum atomic E-state index is 6.67. The zero-order valence-electron chi connectivity index (χ0n) is 18.6. The van der Waals surface area contributed by atoms with Gasteiger partial charge in [-0.05, 0) is 32.1 Å². The molecular formula is C24H40O6. The summed E-state index contributed by atoms with van der Waals surface area (Å²) in [6.45, 7) is 3.54. The third-order valence-corrected chi connectivity index (χ3v) is 7.63. The summed E-state index contributed by atoms with van der Waals surface area (Å²) in [4.78, 5) is 0. The minimum absolute atomic E-state index is 0.128. The molecule has 2 spiro atoms. The molecule has 0 unspecified atom stereocenters. The van der Waals surface area contributed by atoms with E-state index in [4.69, 9.17) is 28.4 Å². The van der Waals surface area contributed by atoms with Crippen LogP contribution in [0.5, 0.6) is 0 Å². The minimum atomic E-state index is -0.486. The Hall–Kier alpha value is -0.240. The lowest BCUT2D eigenvalue weighted by molar-refractivity contribution is -0.256. The van der Waals surface area contributed by atoms with E-state index in [2.05, 4.69) is 6.92 Å². The van der Waals surface area contributed by atoms with Gasteiger partial charge >= 0.3 is 0 Å². The van der Waals surface area contributed by atoms with Crippen molar-refractivity contribution in [3.63, 3.8) is 0 Å². The molecule has 5 rings (SSSR count). The molecule has 5 aliphatic rings. The standard InChI is InChI=1S/C24H40O6/c1-2-3-4-11-16-25-17-18-19-20(28-23(27-19)12-7-5-8-13-23)21-22(26-18)30-24(29-21)14-9-6-10-15-24/h18-22H,2-17H2,1H3/t18-,19-,20-,21+,22+/m0/s1. The van der Waals surface area contributed by atoms with Crippen molar-refractivity contribution in [2.24, 2.45) is 0 Å². The van der Waals surface area contributed by atoms with Gasteiger partial charge in [0.15, 0.2) is 17.9 Å². The number of ether oxygens (including phenoxy) is 6. The molecule has 6 nitrogen and oxygen atoms in total. The van der Waals surface area contributed by atoms with Gasteiger partial charge in [0.2, 0.25) is 0 Å². The van der Waals surface area contributed by atoms with Gasteiger partial charge in [0.05, 0.1) is 6.61 Å². The number of unbranched alkanes of at least 4 members (excludes halogenated alkanes) is 3. The fourth-order valence-electron chi connectivity index (χ4n) is 6.00. The Morgan fingerprint density at radius 2 is 1.33 bits per heavy atom. The highest BCUT2D eigenvalue weighted by Crippen LogP contribution is 2.50. The molecule has 2 aliphatic carbocycles. The largest absolute Gasteiger partial charge is 0.379 e. The minimum Gasteiger partial charge on any atom is -0.379 e. The van der Waals surface area contributed by atoms with Crippen molar-refractivity contribution in [1.29, 1.82) is 0 Å². The summed E-state index contributed by atoms with van der Waals surface area (Å²) >= 11 is 0. The highest BCUT2D eigenvalue weighted by molar-refractivity contribution is 5.03. The van der Waals surface area contributed by atoms with Gasteiger partial charge in [-0.2, -0.15) is 0 Å². The van der Waals surface area contributed by atoms with E-state index in [1.165, 1.54) is 32.1 Å². The highest BCUT2D eigenvalue weighted by Gasteiger charge is 2.63. The lowest BCUT2D eigenvalue weighted by atomic mass is 9.94. The van der Waals surface area contributed by atoms with Gasteiger partial charge in [-0.15, -0.1) is 0 Å². The Morgan fingerprint density at radius 3 is 2.03 bits per heavy atom. The predicted octanol–water partition coefficient (Wildman–Crippen LogP) is 4.83. The summed E-state index contributed by atoms with van der Waals surface area (Å²) in [6, 6.07) is 0. The second-order valence-corrected chi connectivity index (χ2v) is 9.99. The Kier molecular flexibility index (Phi) is 6.71. The topological polar surface area (TPSA) is 55.4 Å². The fourth-order valence-corrected chi connectivity index (χ4v) is 6.00. The van der Waals surface area contributed by atoms with Crippen molar-refractivity contribution in [1.82, 2.24) is 0 Å². The summed E-state index contributed by atoms with van der Waals surface area (Å²) < 4.78 is 38.8. The second kappa shape index (κ2) is 9.32. The Balaban J connectivity index is 1.27. The first-order valence-corrected chi connectivity index (χ1v) is 12.7. The zero-order valence-corrected chi connectivity index (χ0v) is 18.6. The molecule has 6 heteroatoms. The summed E-state index contributed by atoms with van der Waals surface area (Å²) in [7, 11) is 0. The van der Waals surface area contributed by atoms with Crippen LogP contribution < -0.4 is 0 Å². The van der Waals surface area contributed by atoms with Gasteiger partial charge < -0.3 is 28.4 Å². The van der Waals surface area contributed by atoms with Crippen LogP contribution in [0.2, 0.25) is 0 Å².